The molecule has 0 atom stereocenters. The van der Waals surface area contributed by atoms with Gasteiger partial charge in [0.05, 0.1) is 5.69 Å². The Hall–Kier alpha value is -3.39. The topological polar surface area (TPSA) is 79.4 Å². The molecule has 1 fully saturated rings. The molecule has 2 aromatic rings. The van der Waals surface area contributed by atoms with Crippen molar-refractivity contribution in [2.75, 3.05) is 57.9 Å². The number of para-hydroxylation sites is 1. The van der Waals surface area contributed by atoms with Gasteiger partial charge >= 0.3 is 0 Å². The number of piperazine rings is 1. The molecule has 2 amide bonds. The van der Waals surface area contributed by atoms with Gasteiger partial charge in [0.2, 0.25) is 5.91 Å². The third-order valence-corrected chi connectivity index (χ3v) is 6.56. The van der Waals surface area contributed by atoms with Crippen LogP contribution < -0.4 is 14.4 Å². The number of nitrogens with zero attached hydrogens (tertiary/aromatic N) is 3. The van der Waals surface area contributed by atoms with E-state index in [0.717, 1.165) is 38.2 Å². The summed E-state index contributed by atoms with van der Waals surface area (Å²) in [5.41, 5.74) is 2.06. The van der Waals surface area contributed by atoms with E-state index in [0.29, 0.717) is 42.1 Å². The molecule has 1 saturated heterocycles. The molecule has 0 bridgehead atoms. The van der Waals surface area contributed by atoms with Crippen molar-refractivity contribution in [3.8, 4) is 11.5 Å². The summed E-state index contributed by atoms with van der Waals surface area (Å²) in [6.07, 6.45) is 1.74. The molecule has 0 spiro atoms. The first-order chi connectivity index (χ1) is 17.0. The van der Waals surface area contributed by atoms with Crippen molar-refractivity contribution in [1.82, 2.24) is 9.80 Å². The maximum absolute atomic E-state index is 12.9. The number of amides is 2. The number of aryl methyl sites for hydroxylation is 1. The Morgan fingerprint density at radius 3 is 2.60 bits per heavy atom. The quantitative estimate of drug-likeness (QED) is 0.515. The molecule has 0 aromatic heterocycles. The number of hydrogen-bond donors (Lipinski definition) is 0. The fourth-order valence-corrected chi connectivity index (χ4v) is 4.39. The number of anilines is 1. The van der Waals surface area contributed by atoms with Gasteiger partial charge in [-0.3, -0.25) is 14.4 Å². The molecule has 186 valence electrons. The average Bonchev–Trinajstić information content (AvgIpc) is 2.88. The van der Waals surface area contributed by atoms with Gasteiger partial charge in [-0.2, -0.15) is 0 Å². The van der Waals surface area contributed by atoms with Gasteiger partial charge in [0.25, 0.3) is 5.91 Å². The standard InChI is InChI=1S/C27H33N3O5/c1-3-20-7-4-5-8-24(20)34-18-23(31)21-10-11-25-22(17-21)30(27(33)19-35-25)12-6-9-26(32)29-15-13-28(2)14-16-29/h4-5,7-8,10-11,17H,3,6,9,12-16,18-19H2,1-2H3. The number of ketones is 1. The highest BCUT2D eigenvalue weighted by Gasteiger charge is 2.27. The lowest BCUT2D eigenvalue weighted by Gasteiger charge is -2.33. The highest BCUT2D eigenvalue weighted by atomic mass is 16.5. The van der Waals surface area contributed by atoms with E-state index in [2.05, 4.69) is 11.9 Å². The van der Waals surface area contributed by atoms with Crippen molar-refractivity contribution in [2.24, 2.45) is 0 Å². The third-order valence-electron chi connectivity index (χ3n) is 6.56. The molecular weight excluding hydrogens is 446 g/mol. The number of rotatable bonds is 9. The smallest absolute Gasteiger partial charge is 0.265 e. The fourth-order valence-electron chi connectivity index (χ4n) is 4.39. The van der Waals surface area contributed by atoms with Gasteiger partial charge in [-0.15, -0.1) is 0 Å². The van der Waals surface area contributed by atoms with E-state index in [1.165, 1.54) is 0 Å². The zero-order valence-electron chi connectivity index (χ0n) is 20.5. The predicted molar refractivity (Wildman–Crippen MR) is 133 cm³/mol. The fraction of sp³-hybridized carbons (Fsp3) is 0.444. The maximum Gasteiger partial charge on any atom is 0.265 e. The number of ether oxygens (including phenoxy) is 2. The second-order valence-electron chi connectivity index (χ2n) is 8.98. The molecule has 0 aliphatic carbocycles. The molecule has 8 heteroatoms. The molecule has 2 aliphatic heterocycles. The van der Waals surface area contributed by atoms with Crippen LogP contribution in [0.15, 0.2) is 42.5 Å². The molecule has 0 radical (unpaired) electrons. The predicted octanol–water partition coefficient (Wildman–Crippen LogP) is 2.79. The molecule has 35 heavy (non-hydrogen) atoms. The molecule has 0 N–H and O–H groups in total. The zero-order chi connectivity index (χ0) is 24.8. The van der Waals surface area contributed by atoms with Gasteiger partial charge in [0.1, 0.15) is 11.5 Å². The second-order valence-corrected chi connectivity index (χ2v) is 8.98. The summed E-state index contributed by atoms with van der Waals surface area (Å²) in [7, 11) is 2.05. The van der Waals surface area contributed by atoms with Gasteiger partial charge < -0.3 is 24.2 Å². The molecule has 4 rings (SSSR count). The lowest BCUT2D eigenvalue weighted by atomic mass is 10.1. The summed E-state index contributed by atoms with van der Waals surface area (Å²) in [5, 5.41) is 0. The van der Waals surface area contributed by atoms with Crippen LogP contribution in [0.25, 0.3) is 0 Å². The Kier molecular flexibility index (Phi) is 8.02. The van der Waals surface area contributed by atoms with Crippen molar-refractivity contribution < 1.29 is 23.9 Å². The van der Waals surface area contributed by atoms with E-state index in [9.17, 15) is 14.4 Å². The Morgan fingerprint density at radius 2 is 1.83 bits per heavy atom. The first kappa shape index (κ1) is 24.7. The highest BCUT2D eigenvalue weighted by molar-refractivity contribution is 6.02. The van der Waals surface area contributed by atoms with E-state index in [4.69, 9.17) is 9.47 Å². The van der Waals surface area contributed by atoms with Gasteiger partial charge in [-0.25, -0.2) is 0 Å². The number of Topliss-reactive ketones (excluding diaryl/α,β-unsaturated/α-hetero) is 1. The van der Waals surface area contributed by atoms with E-state index in [-0.39, 0.29) is 30.8 Å². The van der Waals surface area contributed by atoms with Crippen molar-refractivity contribution in [1.29, 1.82) is 0 Å². The van der Waals surface area contributed by atoms with Gasteiger partial charge in [-0.05, 0) is 49.7 Å². The molecule has 2 aromatic carbocycles. The van der Waals surface area contributed by atoms with E-state index in [1.807, 2.05) is 36.1 Å². The molecular formula is C27H33N3O5. The van der Waals surface area contributed by atoms with E-state index < -0.39 is 0 Å². The summed E-state index contributed by atoms with van der Waals surface area (Å²) in [4.78, 5) is 43.8. The Morgan fingerprint density at radius 1 is 1.06 bits per heavy atom. The monoisotopic (exact) mass is 479 g/mol. The lowest BCUT2D eigenvalue weighted by Crippen LogP contribution is -2.47. The van der Waals surface area contributed by atoms with Crippen molar-refractivity contribution in [3.63, 3.8) is 0 Å². The van der Waals surface area contributed by atoms with Crippen LogP contribution in [-0.4, -0.2) is 80.4 Å². The first-order valence-corrected chi connectivity index (χ1v) is 12.2. The number of carbonyl (C=O) groups is 3. The van der Waals surface area contributed by atoms with Gasteiger partial charge in [0, 0.05) is 44.7 Å². The summed E-state index contributed by atoms with van der Waals surface area (Å²) in [6.45, 7) is 5.53. The minimum Gasteiger partial charge on any atom is -0.485 e. The lowest BCUT2D eigenvalue weighted by molar-refractivity contribution is -0.133. The summed E-state index contributed by atoms with van der Waals surface area (Å²) in [6, 6.07) is 12.8. The second kappa shape index (κ2) is 11.4. The normalized spacial score (nSPS) is 16.0. The van der Waals surface area contributed by atoms with Gasteiger partial charge in [0.15, 0.2) is 19.0 Å². The summed E-state index contributed by atoms with van der Waals surface area (Å²) >= 11 is 0. The summed E-state index contributed by atoms with van der Waals surface area (Å²) < 4.78 is 11.4. The van der Waals surface area contributed by atoms with Gasteiger partial charge in [-0.1, -0.05) is 25.1 Å². The summed E-state index contributed by atoms with van der Waals surface area (Å²) in [5.74, 6) is 1.02. The Balaban J connectivity index is 1.38. The van der Waals surface area contributed by atoms with Crippen LogP contribution in [0.2, 0.25) is 0 Å². The van der Waals surface area contributed by atoms with Crippen LogP contribution in [0.1, 0.15) is 35.7 Å². The SMILES string of the molecule is CCc1ccccc1OCC(=O)c1ccc2c(c1)N(CCCC(=O)N1CCN(C)CC1)C(=O)CO2. The van der Waals surface area contributed by atoms with Crippen LogP contribution in [-0.2, 0) is 16.0 Å². The van der Waals surface area contributed by atoms with Crippen LogP contribution in [0, 0.1) is 0 Å². The molecule has 0 unspecified atom stereocenters. The molecule has 2 heterocycles. The minimum atomic E-state index is -0.179. The van der Waals surface area contributed by atoms with Crippen LogP contribution in [0.4, 0.5) is 5.69 Å². The van der Waals surface area contributed by atoms with E-state index in [1.54, 1.807) is 23.1 Å². The molecule has 8 nitrogen and oxygen atoms in total. The number of fused-ring (bicyclic) bond motifs is 1. The Labute approximate surface area is 206 Å². The number of carbonyl (C=O) groups excluding carboxylic acids is 3. The third kappa shape index (κ3) is 6.00. The number of hydrogen-bond acceptors (Lipinski definition) is 6. The van der Waals surface area contributed by atoms with Crippen molar-refractivity contribution >= 4 is 23.3 Å². The minimum absolute atomic E-state index is 0.0520. The zero-order valence-corrected chi connectivity index (χ0v) is 20.5. The average molecular weight is 480 g/mol. The largest absolute Gasteiger partial charge is 0.485 e. The highest BCUT2D eigenvalue weighted by Crippen LogP contribution is 2.33. The maximum atomic E-state index is 12.9. The molecule has 2 aliphatic rings. The van der Waals surface area contributed by atoms with Crippen LogP contribution in [0.3, 0.4) is 0 Å². The van der Waals surface area contributed by atoms with E-state index >= 15 is 0 Å². The first-order valence-electron chi connectivity index (χ1n) is 12.2. The molecule has 0 saturated carbocycles. The number of benzene rings is 2. The Bertz CT molecular complexity index is 1080. The number of likely N-dealkylation sites (N-methyl/N-ethyl adjacent to an activating group) is 1. The van der Waals surface area contributed by atoms with Crippen LogP contribution >= 0.6 is 0 Å². The van der Waals surface area contributed by atoms with Crippen LogP contribution in [0.5, 0.6) is 11.5 Å². The van der Waals surface area contributed by atoms with Crippen molar-refractivity contribution in [2.45, 2.75) is 26.2 Å². The van der Waals surface area contributed by atoms with Crippen molar-refractivity contribution in [3.05, 3.63) is 53.6 Å².